The van der Waals surface area contributed by atoms with E-state index in [9.17, 15) is 17.6 Å². The Hall–Kier alpha value is -2.25. The highest BCUT2D eigenvalue weighted by molar-refractivity contribution is 7.90. The predicted octanol–water partition coefficient (Wildman–Crippen LogP) is 3.32. The molecule has 7 heteroatoms. The van der Waals surface area contributed by atoms with Gasteiger partial charge in [-0.3, -0.25) is 9.69 Å². The Bertz CT molecular complexity index is 952. The molecule has 2 aromatic carbocycles. The summed E-state index contributed by atoms with van der Waals surface area (Å²) >= 11 is 0. The van der Waals surface area contributed by atoms with Crippen molar-refractivity contribution < 1.29 is 17.6 Å². The Kier molecular flexibility index (Phi) is 6.70. The summed E-state index contributed by atoms with van der Waals surface area (Å²) in [5.41, 5.74) is 1.55. The molecule has 0 aromatic heterocycles. The number of amides is 1. The lowest BCUT2D eigenvalue weighted by Gasteiger charge is -2.32. The topological polar surface area (TPSA) is 66.5 Å². The Morgan fingerprint density at radius 1 is 1.14 bits per heavy atom. The minimum atomic E-state index is -3.23. The van der Waals surface area contributed by atoms with Gasteiger partial charge in [-0.25, -0.2) is 12.8 Å². The third-order valence-electron chi connectivity index (χ3n) is 5.48. The summed E-state index contributed by atoms with van der Waals surface area (Å²) in [4.78, 5) is 15.1. The van der Waals surface area contributed by atoms with Gasteiger partial charge < -0.3 is 5.32 Å². The number of carbonyl (C=O) groups is 1. The molecule has 5 nitrogen and oxygen atoms in total. The molecule has 1 fully saturated rings. The van der Waals surface area contributed by atoms with Gasteiger partial charge in [-0.15, -0.1) is 0 Å². The third kappa shape index (κ3) is 5.64. The summed E-state index contributed by atoms with van der Waals surface area (Å²) in [6, 6.07) is 13.2. The molecule has 2 aromatic rings. The average Bonchev–Trinajstić information content (AvgIpc) is 2.69. The van der Waals surface area contributed by atoms with Gasteiger partial charge >= 0.3 is 0 Å². The van der Waals surface area contributed by atoms with Crippen LogP contribution in [-0.4, -0.2) is 38.6 Å². The number of halogens is 1. The largest absolute Gasteiger partial charge is 0.349 e. The third-order valence-corrected chi connectivity index (χ3v) is 6.61. The van der Waals surface area contributed by atoms with Crippen LogP contribution < -0.4 is 5.32 Å². The maximum atomic E-state index is 13.8. The van der Waals surface area contributed by atoms with Crippen LogP contribution in [-0.2, 0) is 21.2 Å². The van der Waals surface area contributed by atoms with Gasteiger partial charge in [0.15, 0.2) is 9.84 Å². The molecule has 1 aliphatic rings. The first-order chi connectivity index (χ1) is 13.7. The molecular formula is C22H27FN2O3S. The first-order valence-corrected chi connectivity index (χ1v) is 11.7. The molecular weight excluding hydrogens is 391 g/mol. The monoisotopic (exact) mass is 418 g/mol. The fourth-order valence-electron chi connectivity index (χ4n) is 3.64. The van der Waals surface area contributed by atoms with E-state index in [-0.39, 0.29) is 28.6 Å². The van der Waals surface area contributed by atoms with E-state index in [0.717, 1.165) is 31.5 Å². The first kappa shape index (κ1) is 21.5. The Balaban J connectivity index is 1.51. The predicted molar refractivity (Wildman–Crippen MR) is 111 cm³/mol. The minimum Gasteiger partial charge on any atom is -0.349 e. The quantitative estimate of drug-likeness (QED) is 0.782. The van der Waals surface area contributed by atoms with Crippen LogP contribution in [0.15, 0.2) is 53.4 Å². The zero-order chi connectivity index (χ0) is 21.0. The SMILES string of the molecule is C[C@H](NC(=O)C1CCN(Cc2ccccc2F)CC1)c1ccc(S(C)(=O)=O)cc1. The molecule has 1 amide bonds. The van der Waals surface area contributed by atoms with Crippen molar-refractivity contribution in [2.75, 3.05) is 19.3 Å². The van der Waals surface area contributed by atoms with Crippen molar-refractivity contribution in [3.8, 4) is 0 Å². The van der Waals surface area contributed by atoms with Gasteiger partial charge in [0.2, 0.25) is 5.91 Å². The van der Waals surface area contributed by atoms with Crippen LogP contribution in [0.3, 0.4) is 0 Å². The lowest BCUT2D eigenvalue weighted by molar-refractivity contribution is -0.127. The molecule has 3 rings (SSSR count). The van der Waals surface area contributed by atoms with E-state index >= 15 is 0 Å². The molecule has 0 saturated carbocycles. The smallest absolute Gasteiger partial charge is 0.223 e. The second kappa shape index (κ2) is 9.05. The number of rotatable bonds is 6. The number of benzene rings is 2. The highest BCUT2D eigenvalue weighted by Gasteiger charge is 2.26. The van der Waals surface area contributed by atoms with E-state index in [2.05, 4.69) is 10.2 Å². The second-order valence-electron chi connectivity index (χ2n) is 7.71. The van der Waals surface area contributed by atoms with Crippen molar-refractivity contribution in [2.24, 2.45) is 5.92 Å². The lowest BCUT2D eigenvalue weighted by Crippen LogP contribution is -2.41. The van der Waals surface area contributed by atoms with Crippen LogP contribution >= 0.6 is 0 Å². The molecule has 1 atom stereocenters. The molecule has 0 spiro atoms. The van der Waals surface area contributed by atoms with Crippen LogP contribution in [0, 0.1) is 11.7 Å². The zero-order valence-electron chi connectivity index (χ0n) is 16.8. The van der Waals surface area contributed by atoms with Gasteiger partial charge in [0.25, 0.3) is 0 Å². The van der Waals surface area contributed by atoms with E-state index in [4.69, 9.17) is 0 Å². The number of sulfone groups is 1. The molecule has 29 heavy (non-hydrogen) atoms. The Labute approximate surface area is 171 Å². The summed E-state index contributed by atoms with van der Waals surface area (Å²) in [6.45, 7) is 3.96. The maximum Gasteiger partial charge on any atom is 0.223 e. The normalized spacial score (nSPS) is 17.1. The molecule has 0 aliphatic carbocycles. The number of piperidine rings is 1. The van der Waals surface area contributed by atoms with E-state index in [1.54, 1.807) is 36.4 Å². The molecule has 1 heterocycles. The summed E-state index contributed by atoms with van der Waals surface area (Å²) in [5.74, 6) is -0.247. The molecule has 0 radical (unpaired) electrons. The van der Waals surface area contributed by atoms with Gasteiger partial charge in [-0.05, 0) is 56.6 Å². The molecule has 0 unspecified atom stereocenters. The lowest BCUT2D eigenvalue weighted by atomic mass is 9.95. The van der Waals surface area contributed by atoms with Crippen molar-refractivity contribution in [1.29, 1.82) is 0 Å². The van der Waals surface area contributed by atoms with Crippen LogP contribution in [0.2, 0.25) is 0 Å². The van der Waals surface area contributed by atoms with E-state index in [1.165, 1.54) is 12.3 Å². The fraction of sp³-hybridized carbons (Fsp3) is 0.409. The van der Waals surface area contributed by atoms with Gasteiger partial charge in [-0.1, -0.05) is 30.3 Å². The number of nitrogens with zero attached hydrogens (tertiary/aromatic N) is 1. The number of nitrogens with one attached hydrogen (secondary N) is 1. The molecule has 1 N–H and O–H groups in total. The van der Waals surface area contributed by atoms with Crippen LogP contribution in [0.4, 0.5) is 4.39 Å². The van der Waals surface area contributed by atoms with Gasteiger partial charge in [0.1, 0.15) is 5.82 Å². The summed E-state index contributed by atoms with van der Waals surface area (Å²) in [5, 5.41) is 3.03. The minimum absolute atomic E-state index is 0.00947. The summed E-state index contributed by atoms with van der Waals surface area (Å²) < 4.78 is 36.9. The Morgan fingerprint density at radius 2 is 1.76 bits per heavy atom. The van der Waals surface area contributed by atoms with Gasteiger partial charge in [-0.2, -0.15) is 0 Å². The van der Waals surface area contributed by atoms with Gasteiger partial charge in [0.05, 0.1) is 10.9 Å². The highest BCUT2D eigenvalue weighted by atomic mass is 32.2. The van der Waals surface area contributed by atoms with Crippen molar-refractivity contribution in [2.45, 2.75) is 37.2 Å². The second-order valence-corrected chi connectivity index (χ2v) is 9.73. The molecule has 0 bridgehead atoms. The van der Waals surface area contributed by atoms with Crippen molar-refractivity contribution in [3.05, 3.63) is 65.5 Å². The van der Waals surface area contributed by atoms with E-state index in [0.29, 0.717) is 12.1 Å². The van der Waals surface area contributed by atoms with Crippen LogP contribution in [0.1, 0.15) is 36.9 Å². The standard InChI is InChI=1S/C22H27FN2O3S/c1-16(17-7-9-20(10-8-17)29(2,27)28)24-22(26)18-11-13-25(14-12-18)15-19-5-3-4-6-21(19)23/h3-10,16,18H,11-15H2,1-2H3,(H,24,26)/t16-/m0/s1. The average molecular weight is 419 g/mol. The zero-order valence-corrected chi connectivity index (χ0v) is 17.6. The fourth-order valence-corrected chi connectivity index (χ4v) is 4.27. The number of hydrogen-bond donors (Lipinski definition) is 1. The van der Waals surface area contributed by atoms with Gasteiger partial charge in [0, 0.05) is 24.3 Å². The summed E-state index contributed by atoms with van der Waals surface area (Å²) in [7, 11) is -3.23. The summed E-state index contributed by atoms with van der Waals surface area (Å²) in [6.07, 6.45) is 2.64. The van der Waals surface area contributed by atoms with E-state index < -0.39 is 9.84 Å². The first-order valence-electron chi connectivity index (χ1n) is 9.80. The van der Waals surface area contributed by atoms with Crippen LogP contribution in [0.5, 0.6) is 0 Å². The number of likely N-dealkylation sites (tertiary alicyclic amines) is 1. The van der Waals surface area contributed by atoms with Crippen molar-refractivity contribution in [3.63, 3.8) is 0 Å². The van der Waals surface area contributed by atoms with Crippen molar-refractivity contribution >= 4 is 15.7 Å². The molecule has 1 aliphatic heterocycles. The Morgan fingerprint density at radius 3 is 2.34 bits per heavy atom. The number of hydrogen-bond acceptors (Lipinski definition) is 4. The number of carbonyl (C=O) groups excluding carboxylic acids is 1. The van der Waals surface area contributed by atoms with E-state index in [1.807, 2.05) is 13.0 Å². The van der Waals surface area contributed by atoms with Crippen LogP contribution in [0.25, 0.3) is 0 Å². The maximum absolute atomic E-state index is 13.8. The molecule has 156 valence electrons. The molecule has 1 saturated heterocycles. The highest BCUT2D eigenvalue weighted by Crippen LogP contribution is 2.22. The van der Waals surface area contributed by atoms with Crippen molar-refractivity contribution in [1.82, 2.24) is 10.2 Å².